The molecule has 39 heavy (non-hydrogen) atoms. The second kappa shape index (κ2) is 9.74. The van der Waals surface area contributed by atoms with Crippen LogP contribution in [0.4, 0.5) is 5.13 Å². The first-order valence-corrected chi connectivity index (χ1v) is 15.6. The molecule has 2 bridgehead atoms. The summed E-state index contributed by atoms with van der Waals surface area (Å²) in [6, 6.07) is 13.2. The van der Waals surface area contributed by atoms with Crippen LogP contribution in [0.15, 0.2) is 42.6 Å². The van der Waals surface area contributed by atoms with E-state index in [1.165, 1.54) is 15.8 Å². The number of piperidine rings is 1. The summed E-state index contributed by atoms with van der Waals surface area (Å²) >= 11 is 15.0. The van der Waals surface area contributed by atoms with Crippen LogP contribution in [0.3, 0.4) is 0 Å². The second-order valence-electron chi connectivity index (χ2n) is 11.4. The first-order chi connectivity index (χ1) is 19.1. The predicted octanol–water partition coefficient (Wildman–Crippen LogP) is 7.49. The summed E-state index contributed by atoms with van der Waals surface area (Å²) in [5, 5.41) is 7.19. The van der Waals surface area contributed by atoms with Crippen molar-refractivity contribution >= 4 is 49.9 Å². The number of hydrogen-bond acceptors (Lipinski definition) is 6. The number of para-hydroxylation sites is 1. The fraction of sp³-hybridized carbons (Fsp3) is 0.467. The van der Waals surface area contributed by atoms with Gasteiger partial charge >= 0.3 is 0 Å². The Morgan fingerprint density at radius 3 is 2.62 bits per heavy atom. The van der Waals surface area contributed by atoms with Crippen molar-refractivity contribution in [1.29, 1.82) is 0 Å². The number of halogens is 2. The van der Waals surface area contributed by atoms with Crippen LogP contribution in [0.25, 0.3) is 21.3 Å². The first-order valence-electron chi connectivity index (χ1n) is 14.0. The summed E-state index contributed by atoms with van der Waals surface area (Å²) in [6.45, 7) is 3.18. The van der Waals surface area contributed by atoms with Crippen molar-refractivity contribution in [2.45, 2.75) is 62.8 Å². The molecule has 2 aliphatic heterocycles. The van der Waals surface area contributed by atoms with Crippen LogP contribution < -0.4 is 4.90 Å². The van der Waals surface area contributed by atoms with E-state index in [0.29, 0.717) is 40.6 Å². The molecule has 0 amide bonds. The molecule has 0 spiro atoms. The lowest BCUT2D eigenvalue weighted by Crippen LogP contribution is -2.38. The number of ether oxygens (including phenoxy) is 2. The van der Waals surface area contributed by atoms with Crippen molar-refractivity contribution in [2.75, 3.05) is 24.7 Å². The van der Waals surface area contributed by atoms with Crippen LogP contribution in [0, 0.1) is 5.92 Å². The monoisotopic (exact) mass is 580 g/mol. The maximum Gasteiger partial charge on any atom is 0.186 e. The van der Waals surface area contributed by atoms with Crippen LogP contribution in [-0.4, -0.2) is 46.7 Å². The van der Waals surface area contributed by atoms with Gasteiger partial charge in [0.25, 0.3) is 0 Å². The van der Waals surface area contributed by atoms with Crippen LogP contribution >= 0.6 is 34.5 Å². The van der Waals surface area contributed by atoms with Gasteiger partial charge in [-0.15, -0.1) is 0 Å². The Balaban J connectivity index is 1.00. The average molecular weight is 582 g/mol. The summed E-state index contributed by atoms with van der Waals surface area (Å²) in [5.74, 6) is 0.973. The number of fused-ring (bicyclic) bond motifs is 3. The molecule has 2 aromatic carbocycles. The van der Waals surface area contributed by atoms with Gasteiger partial charge in [0.15, 0.2) is 5.13 Å². The van der Waals surface area contributed by atoms with Crippen LogP contribution in [-0.2, 0) is 16.1 Å². The predicted molar refractivity (Wildman–Crippen MR) is 156 cm³/mol. The molecule has 4 atom stereocenters. The van der Waals surface area contributed by atoms with E-state index in [9.17, 15) is 0 Å². The zero-order valence-electron chi connectivity index (χ0n) is 21.6. The van der Waals surface area contributed by atoms with Gasteiger partial charge in [-0.1, -0.05) is 52.7 Å². The zero-order chi connectivity index (χ0) is 26.1. The molecule has 4 aromatic rings. The summed E-state index contributed by atoms with van der Waals surface area (Å²) < 4.78 is 15.8. The van der Waals surface area contributed by atoms with Crippen molar-refractivity contribution in [3.63, 3.8) is 0 Å². The van der Waals surface area contributed by atoms with Crippen LogP contribution in [0.2, 0.25) is 10.0 Å². The van der Waals surface area contributed by atoms with Gasteiger partial charge in [0.05, 0.1) is 57.5 Å². The lowest BCUT2D eigenvalue weighted by atomic mass is 9.98. The molecule has 4 aliphatic rings. The van der Waals surface area contributed by atoms with Gasteiger partial charge in [-0.3, -0.25) is 4.68 Å². The van der Waals surface area contributed by atoms with E-state index in [0.717, 1.165) is 73.8 Å². The molecule has 4 fully saturated rings. The maximum atomic E-state index is 6.67. The minimum Gasteiger partial charge on any atom is -0.381 e. The molecular formula is C30H30Cl2N4O2S. The Morgan fingerprint density at radius 1 is 1.03 bits per heavy atom. The van der Waals surface area contributed by atoms with E-state index in [1.54, 1.807) is 0 Å². The fourth-order valence-electron chi connectivity index (χ4n) is 6.85. The summed E-state index contributed by atoms with van der Waals surface area (Å²) in [7, 11) is 0. The molecule has 202 valence electrons. The molecule has 8 rings (SSSR count). The highest BCUT2D eigenvalue weighted by molar-refractivity contribution is 7.22. The van der Waals surface area contributed by atoms with E-state index in [-0.39, 0.29) is 6.10 Å². The zero-order valence-corrected chi connectivity index (χ0v) is 23.9. The molecule has 9 heteroatoms. The molecule has 2 aliphatic carbocycles. The molecule has 2 saturated heterocycles. The lowest BCUT2D eigenvalue weighted by Gasteiger charge is -2.31. The highest BCUT2D eigenvalue weighted by Gasteiger charge is 2.46. The Morgan fingerprint density at radius 2 is 1.87 bits per heavy atom. The molecule has 4 heterocycles. The van der Waals surface area contributed by atoms with Crippen molar-refractivity contribution < 1.29 is 9.47 Å². The SMILES string of the molecule is Clc1cccc(Cl)c1-c1cnn(C2CC2)c1CO[C@@H]1C[C@@H]2C[C@H]1CN2c1nc2c([C@H]3CCOC3)cccc2s1. The first kappa shape index (κ1) is 24.6. The smallest absolute Gasteiger partial charge is 0.186 e. The molecule has 2 saturated carbocycles. The minimum atomic E-state index is 0.240. The van der Waals surface area contributed by atoms with Crippen molar-refractivity contribution in [3.05, 3.63) is 63.9 Å². The number of nitrogens with zero attached hydrogens (tertiary/aromatic N) is 4. The number of benzene rings is 2. The third-order valence-corrected chi connectivity index (χ3v) is 10.7. The van der Waals surface area contributed by atoms with Gasteiger partial charge in [-0.25, -0.2) is 4.98 Å². The van der Waals surface area contributed by atoms with E-state index < -0.39 is 0 Å². The topological polar surface area (TPSA) is 52.4 Å². The number of rotatable bonds is 7. The lowest BCUT2D eigenvalue weighted by molar-refractivity contribution is 0.00958. The van der Waals surface area contributed by atoms with Crippen LogP contribution in [0.5, 0.6) is 0 Å². The Labute approximate surface area is 241 Å². The van der Waals surface area contributed by atoms with Gasteiger partial charge in [-0.05, 0) is 55.9 Å². The van der Waals surface area contributed by atoms with Gasteiger partial charge < -0.3 is 14.4 Å². The van der Waals surface area contributed by atoms with E-state index in [4.69, 9.17) is 42.8 Å². The number of thiazole rings is 1. The number of anilines is 1. The summed E-state index contributed by atoms with van der Waals surface area (Å²) in [5.41, 5.74) is 5.44. The van der Waals surface area contributed by atoms with Crippen molar-refractivity contribution in [2.24, 2.45) is 5.92 Å². The highest BCUT2D eigenvalue weighted by Crippen LogP contribution is 2.46. The molecular weight excluding hydrogens is 551 g/mol. The van der Waals surface area contributed by atoms with E-state index >= 15 is 0 Å². The van der Waals surface area contributed by atoms with Gasteiger partial charge in [-0.2, -0.15) is 5.10 Å². The van der Waals surface area contributed by atoms with Gasteiger partial charge in [0.2, 0.25) is 0 Å². The average Bonchev–Trinajstić information content (AvgIpc) is 3.45. The molecule has 0 radical (unpaired) electrons. The fourth-order valence-corrected chi connectivity index (χ4v) is 8.53. The molecule has 2 aromatic heterocycles. The normalized spacial score (nSPS) is 26.4. The standard InChI is InChI=1S/C30H30Cl2N4O2S/c31-23-4-2-5-24(32)28(23)22-13-33-36(19-7-8-19)25(22)16-38-26-12-20-11-18(26)14-35(20)30-34-29-21(17-9-10-37-15-17)3-1-6-27(29)39-30/h1-6,13,17-20,26H,7-12,14-16H2/t17-,18-,20-,26+/m0/s1. The molecule has 6 nitrogen and oxygen atoms in total. The number of aromatic nitrogens is 3. The third-order valence-electron chi connectivity index (χ3n) is 8.99. The quantitative estimate of drug-likeness (QED) is 0.226. The molecule has 0 unspecified atom stereocenters. The minimum absolute atomic E-state index is 0.240. The number of hydrogen-bond donors (Lipinski definition) is 0. The van der Waals surface area contributed by atoms with E-state index in [1.807, 2.05) is 35.7 Å². The van der Waals surface area contributed by atoms with Gasteiger partial charge in [0.1, 0.15) is 0 Å². The van der Waals surface area contributed by atoms with Crippen molar-refractivity contribution in [3.8, 4) is 11.1 Å². The van der Waals surface area contributed by atoms with E-state index in [2.05, 4.69) is 27.8 Å². The molecule has 0 N–H and O–H groups in total. The third kappa shape index (κ3) is 4.29. The Bertz CT molecular complexity index is 1520. The highest BCUT2D eigenvalue weighted by atomic mass is 35.5. The second-order valence-corrected chi connectivity index (χ2v) is 13.2. The largest absolute Gasteiger partial charge is 0.381 e. The maximum absolute atomic E-state index is 6.67. The summed E-state index contributed by atoms with van der Waals surface area (Å²) in [6.07, 6.45) is 7.74. The van der Waals surface area contributed by atoms with Gasteiger partial charge in [0, 0.05) is 42.2 Å². The van der Waals surface area contributed by atoms with Crippen LogP contribution in [0.1, 0.15) is 55.3 Å². The van der Waals surface area contributed by atoms with Crippen molar-refractivity contribution in [1.82, 2.24) is 14.8 Å². The Kier molecular flexibility index (Phi) is 6.15. The Hall–Kier alpha value is -2.16. The summed E-state index contributed by atoms with van der Waals surface area (Å²) in [4.78, 5) is 7.72.